The number of anilines is 1. The molecule has 1 aromatic carbocycles. The zero-order chi connectivity index (χ0) is 18.2. The van der Waals surface area contributed by atoms with Gasteiger partial charge < -0.3 is 25.8 Å². The first-order chi connectivity index (χ1) is 12.0. The number of nitrogen functional groups attached to an aromatic ring is 1. The molecule has 0 aromatic heterocycles. The van der Waals surface area contributed by atoms with E-state index in [1.165, 1.54) is 25.0 Å². The molecule has 0 atom stereocenters. The maximum absolute atomic E-state index is 6.28. The first-order valence-corrected chi connectivity index (χ1v) is 9.09. The minimum Gasteiger partial charge on any atom is -0.497 e. The van der Waals surface area contributed by atoms with Crippen LogP contribution in [-0.2, 0) is 0 Å². The molecule has 1 saturated carbocycles. The van der Waals surface area contributed by atoms with E-state index in [1.54, 1.807) is 26.5 Å². The Morgan fingerprint density at radius 1 is 1.32 bits per heavy atom. The van der Waals surface area contributed by atoms with Crippen molar-refractivity contribution in [3.8, 4) is 11.5 Å². The minimum atomic E-state index is 0.376. The lowest BCUT2D eigenvalue weighted by Gasteiger charge is -2.61. The number of benzene rings is 1. The van der Waals surface area contributed by atoms with Gasteiger partial charge in [0, 0.05) is 54.5 Å². The number of nitrogens with zero attached hydrogens (tertiary/aromatic N) is 2. The zero-order valence-corrected chi connectivity index (χ0v) is 15.8. The fourth-order valence-corrected chi connectivity index (χ4v) is 4.26. The van der Waals surface area contributed by atoms with E-state index in [1.807, 2.05) is 13.1 Å². The molecule has 0 amide bonds. The van der Waals surface area contributed by atoms with Crippen molar-refractivity contribution >= 4 is 23.5 Å². The average molecular weight is 366 g/mol. The van der Waals surface area contributed by atoms with Crippen molar-refractivity contribution in [1.82, 2.24) is 9.21 Å². The number of rotatable bonds is 6. The molecule has 1 aliphatic heterocycles. The molecule has 0 unspecified atom stereocenters. The van der Waals surface area contributed by atoms with Gasteiger partial charge in [-0.15, -0.1) is 0 Å². The summed E-state index contributed by atoms with van der Waals surface area (Å²) in [5.41, 5.74) is 14.9. The third kappa shape index (κ3) is 3.09. The van der Waals surface area contributed by atoms with E-state index in [0.29, 0.717) is 28.6 Å². The van der Waals surface area contributed by atoms with E-state index < -0.39 is 0 Å². The molecule has 3 rings (SSSR count). The SMILES string of the molecule is COc1cc(OC)c(N)c(/C(=C\N)N2CC3(CC(N(C)SN)C3)C2)c1. The monoisotopic (exact) mass is 365 g/mol. The summed E-state index contributed by atoms with van der Waals surface area (Å²) in [7, 11) is 5.27. The third-order valence-electron chi connectivity index (χ3n) is 5.42. The predicted octanol–water partition coefficient (Wildman–Crippen LogP) is 1.46. The first kappa shape index (κ1) is 18.0. The summed E-state index contributed by atoms with van der Waals surface area (Å²) in [6.07, 6.45) is 3.95. The van der Waals surface area contributed by atoms with Gasteiger partial charge in [-0.2, -0.15) is 0 Å². The number of methoxy groups -OCH3 is 2. The van der Waals surface area contributed by atoms with Crippen LogP contribution in [0, 0.1) is 5.41 Å². The van der Waals surface area contributed by atoms with Crippen LogP contribution in [0.1, 0.15) is 18.4 Å². The number of ether oxygens (including phenoxy) is 2. The standard InChI is InChI=1S/C17H27N5O2S/c1-21(25-20)11-6-17(7-11)9-22(10-17)14(8-18)13-4-12(23-2)5-15(24-3)16(13)19/h4-5,8,11H,6-7,9-10,18-20H2,1-3H3/b14-8+. The molecule has 25 heavy (non-hydrogen) atoms. The average Bonchev–Trinajstić information content (AvgIpc) is 2.56. The molecule has 2 aliphatic rings. The summed E-state index contributed by atoms with van der Waals surface area (Å²) in [5, 5.41) is 5.64. The summed E-state index contributed by atoms with van der Waals surface area (Å²) in [4.78, 5) is 2.27. The van der Waals surface area contributed by atoms with Crippen molar-refractivity contribution in [2.24, 2.45) is 16.3 Å². The number of likely N-dealkylation sites (tertiary alicyclic amines) is 1. The smallest absolute Gasteiger partial charge is 0.146 e. The van der Waals surface area contributed by atoms with Crippen LogP contribution in [0.5, 0.6) is 11.5 Å². The summed E-state index contributed by atoms with van der Waals surface area (Å²) >= 11 is 1.31. The van der Waals surface area contributed by atoms with Gasteiger partial charge in [-0.1, -0.05) is 0 Å². The van der Waals surface area contributed by atoms with Gasteiger partial charge in [-0.3, -0.25) is 5.14 Å². The molecule has 0 bridgehead atoms. The van der Waals surface area contributed by atoms with Crippen LogP contribution < -0.4 is 26.1 Å². The van der Waals surface area contributed by atoms with Gasteiger partial charge in [0.15, 0.2) is 0 Å². The van der Waals surface area contributed by atoms with E-state index in [4.69, 9.17) is 26.1 Å². The molecule has 0 radical (unpaired) electrons. The van der Waals surface area contributed by atoms with Crippen LogP contribution >= 0.6 is 12.1 Å². The Kier molecular flexibility index (Phi) is 4.95. The molecule has 138 valence electrons. The molecule has 7 nitrogen and oxygen atoms in total. The maximum atomic E-state index is 6.28. The topological polar surface area (TPSA) is 103 Å². The third-order valence-corrected chi connectivity index (χ3v) is 6.05. The Morgan fingerprint density at radius 2 is 2.00 bits per heavy atom. The highest BCUT2D eigenvalue weighted by atomic mass is 32.2. The van der Waals surface area contributed by atoms with Crippen LogP contribution in [0.15, 0.2) is 18.3 Å². The predicted molar refractivity (Wildman–Crippen MR) is 103 cm³/mol. The van der Waals surface area contributed by atoms with Crippen LogP contribution in [0.25, 0.3) is 5.70 Å². The van der Waals surface area contributed by atoms with E-state index in [9.17, 15) is 0 Å². The van der Waals surface area contributed by atoms with Crippen LogP contribution in [0.2, 0.25) is 0 Å². The molecule has 1 heterocycles. The van der Waals surface area contributed by atoms with Crippen molar-refractivity contribution < 1.29 is 9.47 Å². The van der Waals surface area contributed by atoms with E-state index in [0.717, 1.165) is 24.4 Å². The van der Waals surface area contributed by atoms with Crippen molar-refractivity contribution in [2.45, 2.75) is 18.9 Å². The number of hydrogen-bond acceptors (Lipinski definition) is 8. The van der Waals surface area contributed by atoms with Gasteiger partial charge in [-0.05, 0) is 26.0 Å². The Hall–Kier alpha value is -1.77. The Morgan fingerprint density at radius 3 is 2.52 bits per heavy atom. The van der Waals surface area contributed by atoms with Crippen LogP contribution in [-0.4, -0.2) is 49.6 Å². The van der Waals surface area contributed by atoms with Crippen molar-refractivity contribution in [2.75, 3.05) is 40.1 Å². The second kappa shape index (κ2) is 6.86. The van der Waals surface area contributed by atoms with Gasteiger partial charge >= 0.3 is 0 Å². The minimum absolute atomic E-state index is 0.376. The van der Waals surface area contributed by atoms with Crippen LogP contribution in [0.3, 0.4) is 0 Å². The summed E-state index contributed by atoms with van der Waals surface area (Å²) in [6, 6.07) is 4.25. The van der Waals surface area contributed by atoms with Gasteiger partial charge in [0.2, 0.25) is 0 Å². The normalized spacial score (nSPS) is 19.7. The molecule has 6 N–H and O–H groups in total. The van der Waals surface area contributed by atoms with Crippen LogP contribution in [0.4, 0.5) is 5.69 Å². The molecule has 1 saturated heterocycles. The van der Waals surface area contributed by atoms with Gasteiger partial charge in [-0.25, -0.2) is 4.31 Å². The first-order valence-electron chi connectivity index (χ1n) is 8.25. The molecule has 1 spiro atoms. The quantitative estimate of drug-likeness (QED) is 0.514. The Bertz CT molecular complexity index is 667. The lowest BCUT2D eigenvalue weighted by atomic mass is 9.60. The molecule has 2 fully saturated rings. The van der Waals surface area contributed by atoms with E-state index >= 15 is 0 Å². The summed E-state index contributed by atoms with van der Waals surface area (Å²) in [6.45, 7) is 1.96. The maximum Gasteiger partial charge on any atom is 0.146 e. The molecular weight excluding hydrogens is 338 g/mol. The second-order valence-corrected chi connectivity index (χ2v) is 7.70. The van der Waals surface area contributed by atoms with Crippen molar-refractivity contribution in [1.29, 1.82) is 0 Å². The Balaban J connectivity index is 1.74. The highest BCUT2D eigenvalue weighted by Gasteiger charge is 2.54. The zero-order valence-electron chi connectivity index (χ0n) is 15.0. The van der Waals surface area contributed by atoms with Crippen molar-refractivity contribution in [3.63, 3.8) is 0 Å². The fraction of sp³-hybridized carbons (Fsp3) is 0.529. The molecule has 1 aromatic rings. The van der Waals surface area contributed by atoms with Gasteiger partial charge in [0.25, 0.3) is 0 Å². The largest absolute Gasteiger partial charge is 0.497 e. The highest BCUT2D eigenvalue weighted by molar-refractivity contribution is 7.94. The highest BCUT2D eigenvalue weighted by Crippen LogP contribution is 2.53. The Labute approximate surface area is 153 Å². The number of nitrogens with two attached hydrogens (primary N) is 3. The molecular formula is C17H27N5O2S. The lowest BCUT2D eigenvalue weighted by Crippen LogP contribution is -2.64. The molecule has 8 heteroatoms. The van der Waals surface area contributed by atoms with Crippen molar-refractivity contribution in [3.05, 3.63) is 23.9 Å². The summed E-state index contributed by atoms with van der Waals surface area (Å²) in [5.74, 6) is 1.29. The molecule has 1 aliphatic carbocycles. The lowest BCUT2D eigenvalue weighted by molar-refractivity contribution is -0.0611. The van der Waals surface area contributed by atoms with E-state index in [-0.39, 0.29) is 0 Å². The number of hydrogen-bond donors (Lipinski definition) is 3. The summed E-state index contributed by atoms with van der Waals surface area (Å²) < 4.78 is 12.9. The van der Waals surface area contributed by atoms with Gasteiger partial charge in [0.05, 0.1) is 25.6 Å². The second-order valence-electron chi connectivity index (χ2n) is 6.91. The van der Waals surface area contributed by atoms with Gasteiger partial charge in [0.1, 0.15) is 11.5 Å². The fourth-order valence-electron chi connectivity index (χ4n) is 3.94. The van der Waals surface area contributed by atoms with E-state index in [2.05, 4.69) is 9.21 Å².